The van der Waals surface area contributed by atoms with Crippen LogP contribution >= 0.6 is 11.8 Å². The van der Waals surface area contributed by atoms with Crippen molar-refractivity contribution >= 4 is 17.7 Å². The minimum Gasteiger partial charge on any atom is -0.289 e. The lowest BCUT2D eigenvalue weighted by molar-refractivity contribution is -0.131. The van der Waals surface area contributed by atoms with Crippen LogP contribution in [-0.4, -0.2) is 22.1 Å². The quantitative estimate of drug-likeness (QED) is 0.298. The molecule has 1 unspecified atom stereocenters. The van der Waals surface area contributed by atoms with Crippen molar-refractivity contribution in [3.8, 4) is 11.8 Å². The Hall–Kier alpha value is -2.22. The molecule has 0 saturated heterocycles. The standard InChI is InChI=1S/C23H27NO2S/c1-23(27-2,22(25)24-26)18-8-4-7-11-20-13-16-21(17-14-20)15-12-19-9-5-3-6-10-19/h3,5-6,9-10,13-14,16-17,26H,4,7-8,11,18H2,1-2H3,(H,24,25). The fourth-order valence-electron chi connectivity index (χ4n) is 2.82. The molecule has 0 aromatic heterocycles. The fraction of sp³-hybridized carbons (Fsp3) is 0.348. The van der Waals surface area contributed by atoms with Crippen molar-refractivity contribution in [2.45, 2.75) is 43.8 Å². The van der Waals surface area contributed by atoms with Crippen LogP contribution in [0.5, 0.6) is 0 Å². The Morgan fingerprint density at radius 3 is 2.22 bits per heavy atom. The van der Waals surface area contributed by atoms with Gasteiger partial charge in [-0.15, -0.1) is 11.8 Å². The third kappa shape index (κ3) is 6.78. The Morgan fingerprint density at radius 1 is 1.00 bits per heavy atom. The Labute approximate surface area is 166 Å². The number of hydrogen-bond acceptors (Lipinski definition) is 3. The average molecular weight is 382 g/mol. The fourth-order valence-corrected chi connectivity index (χ4v) is 3.39. The molecule has 0 aliphatic carbocycles. The lowest BCUT2D eigenvalue weighted by atomic mass is 9.99. The first kappa shape index (κ1) is 21.1. The highest BCUT2D eigenvalue weighted by Gasteiger charge is 2.31. The van der Waals surface area contributed by atoms with Gasteiger partial charge >= 0.3 is 0 Å². The van der Waals surface area contributed by atoms with Crippen LogP contribution in [-0.2, 0) is 11.2 Å². The summed E-state index contributed by atoms with van der Waals surface area (Å²) in [4.78, 5) is 11.7. The number of nitrogens with one attached hydrogen (secondary N) is 1. The minimum atomic E-state index is -0.562. The molecule has 4 heteroatoms. The van der Waals surface area contributed by atoms with Gasteiger partial charge in [-0.25, -0.2) is 5.48 Å². The molecule has 2 aromatic rings. The summed E-state index contributed by atoms with van der Waals surface area (Å²) in [5, 5.41) is 8.86. The lowest BCUT2D eigenvalue weighted by Crippen LogP contribution is -2.40. The van der Waals surface area contributed by atoms with Crippen LogP contribution in [0.4, 0.5) is 0 Å². The zero-order chi connectivity index (χ0) is 19.5. The average Bonchev–Trinajstić information content (AvgIpc) is 2.72. The van der Waals surface area contributed by atoms with Crippen molar-refractivity contribution in [1.29, 1.82) is 0 Å². The number of rotatable bonds is 8. The molecule has 0 aliphatic rings. The topological polar surface area (TPSA) is 49.3 Å². The molecule has 2 N–H and O–H groups in total. The molecule has 0 heterocycles. The lowest BCUT2D eigenvalue weighted by Gasteiger charge is -2.24. The zero-order valence-electron chi connectivity index (χ0n) is 16.0. The van der Waals surface area contributed by atoms with Crippen LogP contribution in [0.2, 0.25) is 0 Å². The molecule has 0 radical (unpaired) electrons. The van der Waals surface area contributed by atoms with Crippen molar-refractivity contribution in [2.24, 2.45) is 0 Å². The van der Waals surface area contributed by atoms with E-state index in [2.05, 4.69) is 36.1 Å². The third-order valence-corrected chi connectivity index (χ3v) is 6.02. The van der Waals surface area contributed by atoms with Gasteiger partial charge in [0, 0.05) is 11.1 Å². The summed E-state index contributed by atoms with van der Waals surface area (Å²) in [6.07, 6.45) is 6.79. The van der Waals surface area contributed by atoms with Crippen LogP contribution in [0.1, 0.15) is 49.3 Å². The molecule has 2 aromatic carbocycles. The SMILES string of the molecule is CSC(C)(CCCCCc1ccc(C#Cc2ccccc2)cc1)C(=O)NO. The summed E-state index contributed by atoms with van der Waals surface area (Å²) in [6, 6.07) is 18.4. The summed E-state index contributed by atoms with van der Waals surface area (Å²) in [6.45, 7) is 1.87. The molecule has 27 heavy (non-hydrogen) atoms. The largest absolute Gasteiger partial charge is 0.289 e. The highest BCUT2D eigenvalue weighted by molar-refractivity contribution is 8.00. The van der Waals surface area contributed by atoms with Crippen molar-refractivity contribution < 1.29 is 10.0 Å². The maximum absolute atomic E-state index is 11.7. The predicted octanol–water partition coefficient (Wildman–Crippen LogP) is 4.82. The summed E-state index contributed by atoms with van der Waals surface area (Å²) in [5.74, 6) is 6.05. The number of thioether (sulfide) groups is 1. The Morgan fingerprint density at radius 2 is 1.63 bits per heavy atom. The van der Waals surface area contributed by atoms with E-state index in [-0.39, 0.29) is 5.91 Å². The molecular weight excluding hydrogens is 354 g/mol. The maximum atomic E-state index is 11.7. The van der Waals surface area contributed by atoms with Gasteiger partial charge in [-0.3, -0.25) is 10.0 Å². The van der Waals surface area contributed by atoms with E-state index in [1.54, 1.807) is 5.48 Å². The van der Waals surface area contributed by atoms with Gasteiger partial charge in [0.15, 0.2) is 0 Å². The first-order chi connectivity index (χ1) is 13.1. The molecule has 2 rings (SSSR count). The van der Waals surface area contributed by atoms with Crippen molar-refractivity contribution in [3.05, 3.63) is 71.3 Å². The van der Waals surface area contributed by atoms with E-state index in [0.29, 0.717) is 0 Å². The summed E-state index contributed by atoms with van der Waals surface area (Å²) in [7, 11) is 0. The number of benzene rings is 2. The highest BCUT2D eigenvalue weighted by atomic mass is 32.2. The normalized spacial score (nSPS) is 12.6. The number of hydrogen-bond donors (Lipinski definition) is 2. The van der Waals surface area contributed by atoms with E-state index in [4.69, 9.17) is 5.21 Å². The molecule has 1 atom stereocenters. The van der Waals surface area contributed by atoms with E-state index in [9.17, 15) is 4.79 Å². The first-order valence-corrected chi connectivity index (χ1v) is 10.5. The number of hydroxylamine groups is 1. The molecular formula is C23H27NO2S. The second-order valence-electron chi connectivity index (χ2n) is 6.75. The van der Waals surface area contributed by atoms with E-state index < -0.39 is 4.75 Å². The molecule has 0 aliphatic heterocycles. The maximum Gasteiger partial charge on any atom is 0.259 e. The Bertz CT molecular complexity index is 778. The Kier molecular flexibility index (Phi) is 8.44. The molecule has 1 amide bonds. The zero-order valence-corrected chi connectivity index (χ0v) is 16.8. The van der Waals surface area contributed by atoms with Crippen molar-refractivity contribution in [1.82, 2.24) is 5.48 Å². The third-order valence-electron chi connectivity index (χ3n) is 4.73. The molecule has 142 valence electrons. The molecule has 0 bridgehead atoms. The summed E-state index contributed by atoms with van der Waals surface area (Å²) >= 11 is 1.48. The van der Waals surface area contributed by atoms with Gasteiger partial charge in [0.1, 0.15) is 0 Å². The highest BCUT2D eigenvalue weighted by Crippen LogP contribution is 2.29. The number of unbranched alkanes of at least 4 members (excludes halogenated alkanes) is 2. The number of aryl methyl sites for hydroxylation is 1. The van der Waals surface area contributed by atoms with Crippen molar-refractivity contribution in [2.75, 3.05) is 6.26 Å². The van der Waals surface area contributed by atoms with E-state index in [1.807, 2.05) is 43.5 Å². The Balaban J connectivity index is 1.76. The van der Waals surface area contributed by atoms with E-state index >= 15 is 0 Å². The molecule has 0 fully saturated rings. The van der Waals surface area contributed by atoms with E-state index in [1.165, 1.54) is 17.3 Å². The van der Waals surface area contributed by atoms with Gasteiger partial charge in [-0.2, -0.15) is 0 Å². The second kappa shape index (κ2) is 10.8. The number of amides is 1. The first-order valence-electron chi connectivity index (χ1n) is 9.23. The molecule has 0 spiro atoms. The van der Waals surface area contributed by atoms with E-state index in [0.717, 1.165) is 43.2 Å². The predicted molar refractivity (Wildman–Crippen MR) is 113 cm³/mol. The van der Waals surface area contributed by atoms with Gasteiger partial charge in [-0.05, 0) is 62.3 Å². The molecule has 0 saturated carbocycles. The number of carbonyl (C=O) groups is 1. The minimum absolute atomic E-state index is 0.317. The van der Waals surface area contributed by atoms with Crippen LogP contribution < -0.4 is 5.48 Å². The summed E-state index contributed by atoms with van der Waals surface area (Å²) < 4.78 is -0.562. The monoisotopic (exact) mass is 381 g/mol. The van der Waals surface area contributed by atoms with Crippen LogP contribution in [0.25, 0.3) is 0 Å². The van der Waals surface area contributed by atoms with Crippen LogP contribution in [0, 0.1) is 11.8 Å². The van der Waals surface area contributed by atoms with Gasteiger partial charge in [0.05, 0.1) is 4.75 Å². The number of carbonyl (C=O) groups excluding carboxylic acids is 1. The molecule has 3 nitrogen and oxygen atoms in total. The summed E-state index contributed by atoms with van der Waals surface area (Å²) in [5.41, 5.74) is 5.13. The van der Waals surface area contributed by atoms with Crippen LogP contribution in [0.15, 0.2) is 54.6 Å². The van der Waals surface area contributed by atoms with Crippen molar-refractivity contribution in [3.63, 3.8) is 0 Å². The van der Waals surface area contributed by atoms with Gasteiger partial charge < -0.3 is 0 Å². The van der Waals surface area contributed by atoms with Gasteiger partial charge in [-0.1, -0.05) is 55.0 Å². The second-order valence-corrected chi connectivity index (χ2v) is 8.06. The van der Waals surface area contributed by atoms with Gasteiger partial charge in [0.2, 0.25) is 0 Å². The smallest absolute Gasteiger partial charge is 0.259 e. The van der Waals surface area contributed by atoms with Crippen LogP contribution in [0.3, 0.4) is 0 Å². The van der Waals surface area contributed by atoms with Gasteiger partial charge in [0.25, 0.3) is 5.91 Å².